The van der Waals surface area contributed by atoms with E-state index in [1.165, 1.54) is 21.3 Å². The van der Waals surface area contributed by atoms with Gasteiger partial charge in [-0.15, -0.1) is 0 Å². The topological polar surface area (TPSA) is 105 Å². The summed E-state index contributed by atoms with van der Waals surface area (Å²) in [6.07, 6.45) is 4.02. The van der Waals surface area contributed by atoms with E-state index >= 15 is 0 Å². The Balaban J connectivity index is 1.59. The maximum absolute atomic E-state index is 14.5. The Bertz CT molecular complexity index is 1410. The smallest absolute Gasteiger partial charge is 0.268 e. The number of hydrogen-bond donors (Lipinski definition) is 1. The van der Waals surface area contributed by atoms with E-state index in [9.17, 15) is 9.59 Å². The number of fused-ring (bicyclic) bond motifs is 1. The molecule has 1 aliphatic heterocycles. The van der Waals surface area contributed by atoms with Crippen molar-refractivity contribution in [3.8, 4) is 34.5 Å². The highest BCUT2D eigenvalue weighted by Gasteiger charge is 2.39. The molecule has 10 heteroatoms. The maximum atomic E-state index is 14.5. The molecule has 2 atom stereocenters. The number of rotatable bonds is 11. The minimum Gasteiger partial charge on any atom is -0.497 e. The van der Waals surface area contributed by atoms with Gasteiger partial charge < -0.3 is 38.6 Å². The molecule has 0 bridgehead atoms. The molecule has 1 N–H and O–H groups in total. The van der Waals surface area contributed by atoms with E-state index in [1.54, 1.807) is 36.3 Å². The van der Waals surface area contributed by atoms with E-state index in [0.717, 1.165) is 37.7 Å². The van der Waals surface area contributed by atoms with Crippen LogP contribution in [0, 0.1) is 0 Å². The number of carbonyl (C=O) groups excluding carboxylic acids is 2. The molecular formula is C34H40N2O8. The Morgan fingerprint density at radius 3 is 2.14 bits per heavy atom. The molecule has 0 radical (unpaired) electrons. The zero-order chi connectivity index (χ0) is 31.1. The second-order valence-corrected chi connectivity index (χ2v) is 10.9. The monoisotopic (exact) mass is 604 g/mol. The Morgan fingerprint density at radius 1 is 0.864 bits per heavy atom. The lowest BCUT2D eigenvalue weighted by Crippen LogP contribution is -2.52. The van der Waals surface area contributed by atoms with Gasteiger partial charge in [0.15, 0.2) is 23.0 Å². The number of nitrogens with zero attached hydrogens (tertiary/aromatic N) is 1. The van der Waals surface area contributed by atoms with Gasteiger partial charge in [0.1, 0.15) is 18.4 Å². The molecule has 44 heavy (non-hydrogen) atoms. The Kier molecular flexibility index (Phi) is 9.99. The largest absolute Gasteiger partial charge is 0.497 e. The first kappa shape index (κ1) is 30.8. The van der Waals surface area contributed by atoms with E-state index in [2.05, 4.69) is 5.32 Å². The van der Waals surface area contributed by atoms with E-state index in [4.69, 9.17) is 28.4 Å². The lowest BCUT2D eigenvalue weighted by atomic mass is 9.94. The van der Waals surface area contributed by atoms with Crippen molar-refractivity contribution in [1.82, 2.24) is 10.2 Å². The van der Waals surface area contributed by atoms with Gasteiger partial charge in [0.05, 0.1) is 28.4 Å². The summed E-state index contributed by atoms with van der Waals surface area (Å²) in [5.74, 6) is 2.16. The first-order valence-corrected chi connectivity index (χ1v) is 14.9. The SMILES string of the molecule is COc1ccc(CN(C(=O)[C@H]2COc3ccccc3O2)[C@H](C(=O)NC2CCCCC2)c2cc(OC)c(OC)c(OC)c2)cc1. The minimum atomic E-state index is -1.05. The van der Waals surface area contributed by atoms with E-state index in [0.29, 0.717) is 40.1 Å². The molecular weight excluding hydrogens is 564 g/mol. The molecule has 234 valence electrons. The summed E-state index contributed by atoms with van der Waals surface area (Å²) in [4.78, 5) is 30.4. The predicted octanol–water partition coefficient (Wildman–Crippen LogP) is 5.08. The highest BCUT2D eigenvalue weighted by Crippen LogP contribution is 2.42. The summed E-state index contributed by atoms with van der Waals surface area (Å²) in [5, 5.41) is 3.24. The molecule has 2 amide bonds. The van der Waals surface area contributed by atoms with Crippen molar-refractivity contribution in [2.75, 3.05) is 35.0 Å². The van der Waals surface area contributed by atoms with Crippen molar-refractivity contribution in [1.29, 1.82) is 0 Å². The molecule has 1 heterocycles. The number of benzene rings is 3. The molecule has 0 unspecified atom stereocenters. The van der Waals surface area contributed by atoms with Crippen molar-refractivity contribution in [2.45, 2.75) is 56.8 Å². The summed E-state index contributed by atoms with van der Waals surface area (Å²) in [6.45, 7) is 0.116. The van der Waals surface area contributed by atoms with Gasteiger partial charge in [-0.25, -0.2) is 0 Å². The van der Waals surface area contributed by atoms with Crippen molar-refractivity contribution >= 4 is 11.8 Å². The number of hydrogen-bond acceptors (Lipinski definition) is 8. The minimum absolute atomic E-state index is 0.00117. The first-order chi connectivity index (χ1) is 21.4. The van der Waals surface area contributed by atoms with Crippen molar-refractivity contribution < 1.29 is 38.0 Å². The van der Waals surface area contributed by atoms with Crippen LogP contribution in [0.2, 0.25) is 0 Å². The molecule has 0 saturated heterocycles. The van der Waals surface area contributed by atoms with E-state index < -0.39 is 18.1 Å². The van der Waals surface area contributed by atoms with Crippen LogP contribution in [0.25, 0.3) is 0 Å². The van der Waals surface area contributed by atoms with Gasteiger partial charge in [-0.2, -0.15) is 0 Å². The van der Waals surface area contributed by atoms with Crippen LogP contribution >= 0.6 is 0 Å². The van der Waals surface area contributed by atoms with E-state index in [-0.39, 0.29) is 25.1 Å². The second-order valence-electron chi connectivity index (χ2n) is 10.9. The van der Waals surface area contributed by atoms with Crippen LogP contribution in [0.4, 0.5) is 0 Å². The standard InChI is InChI=1S/C34H40N2O8/c1-39-25-16-14-22(15-17-25)20-36(34(38)30-21-43-26-12-8-9-13-27(26)44-30)31(33(37)35-24-10-6-5-7-11-24)23-18-28(40-2)32(42-4)29(19-23)41-3/h8-9,12-19,24,30-31H,5-7,10-11,20-21H2,1-4H3,(H,35,37)/t30-,31+/m1/s1. The average molecular weight is 605 g/mol. The summed E-state index contributed by atoms with van der Waals surface area (Å²) < 4.78 is 34.2. The molecule has 10 nitrogen and oxygen atoms in total. The Morgan fingerprint density at radius 2 is 1.52 bits per heavy atom. The number of methoxy groups -OCH3 is 4. The maximum Gasteiger partial charge on any atom is 0.268 e. The van der Waals surface area contributed by atoms with Gasteiger partial charge in [0.25, 0.3) is 5.91 Å². The van der Waals surface area contributed by atoms with Crippen LogP contribution in [-0.2, 0) is 16.1 Å². The third-order valence-corrected chi connectivity index (χ3v) is 8.09. The zero-order valence-electron chi connectivity index (χ0n) is 25.7. The lowest BCUT2D eigenvalue weighted by molar-refractivity contribution is -0.149. The molecule has 3 aromatic carbocycles. The quantitative estimate of drug-likeness (QED) is 0.323. The summed E-state index contributed by atoms with van der Waals surface area (Å²) in [6, 6.07) is 17.0. The third-order valence-electron chi connectivity index (χ3n) is 8.09. The normalized spacial score (nSPS) is 16.8. The predicted molar refractivity (Wildman–Crippen MR) is 164 cm³/mol. The summed E-state index contributed by atoms with van der Waals surface area (Å²) in [7, 11) is 6.15. The van der Waals surface area contributed by atoms with Gasteiger partial charge in [0, 0.05) is 12.6 Å². The number of carbonyl (C=O) groups is 2. The first-order valence-electron chi connectivity index (χ1n) is 14.9. The van der Waals surface area contributed by atoms with Gasteiger partial charge in [-0.3, -0.25) is 9.59 Å². The lowest BCUT2D eigenvalue weighted by Gasteiger charge is -2.36. The molecule has 1 saturated carbocycles. The van der Waals surface area contributed by atoms with Gasteiger partial charge in [0.2, 0.25) is 17.8 Å². The fourth-order valence-corrected chi connectivity index (χ4v) is 5.81. The molecule has 0 spiro atoms. The highest BCUT2D eigenvalue weighted by atomic mass is 16.6. The number of para-hydroxylation sites is 2. The van der Waals surface area contributed by atoms with Crippen LogP contribution in [0.3, 0.4) is 0 Å². The fraction of sp³-hybridized carbons (Fsp3) is 0.412. The van der Waals surface area contributed by atoms with Gasteiger partial charge >= 0.3 is 0 Å². The molecule has 0 aromatic heterocycles. The number of amides is 2. The molecule has 1 fully saturated rings. The zero-order valence-corrected chi connectivity index (χ0v) is 25.7. The van der Waals surface area contributed by atoms with Crippen LogP contribution < -0.4 is 33.7 Å². The third kappa shape index (κ3) is 6.79. The molecule has 3 aromatic rings. The summed E-state index contributed by atoms with van der Waals surface area (Å²) >= 11 is 0. The average Bonchev–Trinajstić information content (AvgIpc) is 3.07. The van der Waals surface area contributed by atoms with Crippen molar-refractivity contribution in [3.63, 3.8) is 0 Å². The fourth-order valence-electron chi connectivity index (χ4n) is 5.81. The second kappa shape index (κ2) is 14.2. The highest BCUT2D eigenvalue weighted by molar-refractivity contribution is 5.91. The number of nitrogens with one attached hydrogen (secondary N) is 1. The van der Waals surface area contributed by atoms with Crippen LogP contribution in [0.1, 0.15) is 49.3 Å². The summed E-state index contributed by atoms with van der Waals surface area (Å²) in [5.41, 5.74) is 1.31. The molecule has 1 aliphatic carbocycles. The van der Waals surface area contributed by atoms with Gasteiger partial charge in [-0.1, -0.05) is 43.5 Å². The van der Waals surface area contributed by atoms with Crippen molar-refractivity contribution in [2.24, 2.45) is 0 Å². The molecule has 2 aliphatic rings. The number of ether oxygens (including phenoxy) is 6. The van der Waals surface area contributed by atoms with Gasteiger partial charge in [-0.05, 0) is 60.4 Å². The molecule has 5 rings (SSSR count). The van der Waals surface area contributed by atoms with Crippen LogP contribution in [0.15, 0.2) is 60.7 Å². The van der Waals surface area contributed by atoms with E-state index in [1.807, 2.05) is 36.4 Å². The van der Waals surface area contributed by atoms with Crippen LogP contribution in [-0.4, -0.2) is 63.9 Å². The van der Waals surface area contributed by atoms with Crippen molar-refractivity contribution in [3.05, 3.63) is 71.8 Å². The Labute approximate surface area is 258 Å². The van der Waals surface area contributed by atoms with Crippen LogP contribution in [0.5, 0.6) is 34.5 Å². The Hall–Kier alpha value is -4.60.